The minimum atomic E-state index is -1.01. The van der Waals surface area contributed by atoms with Gasteiger partial charge in [0.25, 0.3) is 5.91 Å². The summed E-state index contributed by atoms with van der Waals surface area (Å²) in [6.45, 7) is 1.20. The van der Waals surface area contributed by atoms with Crippen LogP contribution >= 0.6 is 0 Å². The lowest BCUT2D eigenvalue weighted by Gasteiger charge is -2.31. The second kappa shape index (κ2) is 6.03. The number of hydrogen-bond donors (Lipinski definition) is 2. The van der Waals surface area contributed by atoms with Gasteiger partial charge >= 0.3 is 5.97 Å². The van der Waals surface area contributed by atoms with Gasteiger partial charge in [-0.05, 0) is 12.1 Å². The summed E-state index contributed by atoms with van der Waals surface area (Å²) < 4.78 is 0. The SMILES string of the molecule is O=C(O)C1CNCCN1C(=O)C#Cc1ccccc1. The predicted octanol–water partition coefficient (Wildman–Crippen LogP) is -0.0769. The third-order valence-electron chi connectivity index (χ3n) is 2.88. The van der Waals surface area contributed by atoms with E-state index in [1.54, 1.807) is 12.1 Å². The van der Waals surface area contributed by atoms with Gasteiger partial charge in [-0.25, -0.2) is 4.79 Å². The molecule has 0 aliphatic carbocycles. The largest absolute Gasteiger partial charge is 0.480 e. The summed E-state index contributed by atoms with van der Waals surface area (Å²) in [4.78, 5) is 24.3. The van der Waals surface area contributed by atoms with Gasteiger partial charge in [-0.2, -0.15) is 0 Å². The third kappa shape index (κ3) is 3.33. The fourth-order valence-electron chi connectivity index (χ4n) is 1.89. The van der Waals surface area contributed by atoms with Crippen LogP contribution in [0.15, 0.2) is 30.3 Å². The second-order valence-corrected chi connectivity index (χ2v) is 4.17. The van der Waals surface area contributed by atoms with E-state index in [-0.39, 0.29) is 6.54 Å². The molecule has 0 bridgehead atoms. The van der Waals surface area contributed by atoms with Crippen molar-refractivity contribution in [1.82, 2.24) is 10.2 Å². The number of benzene rings is 1. The number of nitrogens with one attached hydrogen (secondary N) is 1. The maximum absolute atomic E-state index is 11.9. The third-order valence-corrected chi connectivity index (χ3v) is 2.88. The van der Waals surface area contributed by atoms with Crippen LogP contribution < -0.4 is 5.32 Å². The Kier molecular flexibility index (Phi) is 4.16. The molecule has 19 heavy (non-hydrogen) atoms. The highest BCUT2D eigenvalue weighted by Gasteiger charge is 2.30. The Bertz CT molecular complexity index is 531. The second-order valence-electron chi connectivity index (χ2n) is 4.17. The smallest absolute Gasteiger partial charge is 0.327 e. The summed E-state index contributed by atoms with van der Waals surface area (Å²) >= 11 is 0. The number of carbonyl (C=O) groups excluding carboxylic acids is 1. The first-order valence-electron chi connectivity index (χ1n) is 5.99. The summed E-state index contributed by atoms with van der Waals surface area (Å²) in [5.41, 5.74) is 0.734. The van der Waals surface area contributed by atoms with Gasteiger partial charge in [-0.1, -0.05) is 24.1 Å². The van der Waals surface area contributed by atoms with Crippen LogP contribution in [-0.2, 0) is 9.59 Å². The number of amides is 1. The monoisotopic (exact) mass is 258 g/mol. The van der Waals surface area contributed by atoms with Crippen molar-refractivity contribution in [3.8, 4) is 11.8 Å². The number of piperazine rings is 1. The van der Waals surface area contributed by atoms with Crippen molar-refractivity contribution in [3.05, 3.63) is 35.9 Å². The Labute approximate surface area is 111 Å². The summed E-state index contributed by atoms with van der Waals surface area (Å²) in [5, 5.41) is 12.0. The van der Waals surface area contributed by atoms with Gasteiger partial charge in [0.2, 0.25) is 0 Å². The lowest BCUT2D eigenvalue weighted by Crippen LogP contribution is -2.56. The van der Waals surface area contributed by atoms with E-state index in [2.05, 4.69) is 17.2 Å². The van der Waals surface area contributed by atoms with Crippen LogP contribution in [0.5, 0.6) is 0 Å². The molecule has 98 valence electrons. The number of aliphatic carboxylic acids is 1. The molecule has 1 unspecified atom stereocenters. The first kappa shape index (κ1) is 13.1. The molecule has 1 amide bonds. The molecule has 1 aliphatic heterocycles. The fraction of sp³-hybridized carbons (Fsp3) is 0.286. The van der Waals surface area contributed by atoms with E-state index in [0.717, 1.165) is 5.56 Å². The molecule has 1 aliphatic rings. The molecule has 1 saturated heterocycles. The standard InChI is InChI=1S/C14H14N2O3/c17-13(7-6-11-4-2-1-3-5-11)16-9-8-15-10-12(16)14(18)19/h1-5,12,15H,8-10H2,(H,18,19). The van der Waals surface area contributed by atoms with Crippen LogP contribution in [-0.4, -0.2) is 47.6 Å². The van der Waals surface area contributed by atoms with E-state index in [0.29, 0.717) is 13.1 Å². The molecule has 0 spiro atoms. The number of nitrogens with zero attached hydrogens (tertiary/aromatic N) is 1. The van der Waals surface area contributed by atoms with Gasteiger partial charge in [-0.3, -0.25) is 4.79 Å². The highest BCUT2D eigenvalue weighted by molar-refractivity contribution is 5.96. The van der Waals surface area contributed by atoms with E-state index in [9.17, 15) is 9.59 Å². The summed E-state index contributed by atoms with van der Waals surface area (Å²) in [7, 11) is 0. The Morgan fingerprint density at radius 2 is 2.05 bits per heavy atom. The highest BCUT2D eigenvalue weighted by atomic mass is 16.4. The van der Waals surface area contributed by atoms with Crippen molar-refractivity contribution in [2.75, 3.05) is 19.6 Å². The summed E-state index contributed by atoms with van der Waals surface area (Å²) in [5.74, 6) is 3.79. The predicted molar refractivity (Wildman–Crippen MR) is 69.3 cm³/mol. The highest BCUT2D eigenvalue weighted by Crippen LogP contribution is 2.04. The Morgan fingerprint density at radius 1 is 1.32 bits per heavy atom. The van der Waals surface area contributed by atoms with Gasteiger partial charge < -0.3 is 15.3 Å². The normalized spacial score (nSPS) is 18.3. The van der Waals surface area contributed by atoms with Crippen LogP contribution in [0.3, 0.4) is 0 Å². The molecule has 1 fully saturated rings. The average molecular weight is 258 g/mol. The maximum Gasteiger partial charge on any atom is 0.327 e. The van der Waals surface area contributed by atoms with Crippen LogP contribution in [0.4, 0.5) is 0 Å². The van der Waals surface area contributed by atoms with Gasteiger partial charge in [0.05, 0.1) is 0 Å². The molecule has 5 heteroatoms. The molecule has 5 nitrogen and oxygen atoms in total. The van der Waals surface area contributed by atoms with E-state index < -0.39 is 17.9 Å². The minimum absolute atomic E-state index is 0.258. The van der Waals surface area contributed by atoms with Crippen molar-refractivity contribution in [3.63, 3.8) is 0 Å². The Hall–Kier alpha value is -2.32. The molecule has 0 aromatic heterocycles. The zero-order valence-electron chi connectivity index (χ0n) is 10.3. The molecule has 2 rings (SSSR count). The minimum Gasteiger partial charge on any atom is -0.480 e. The number of hydrogen-bond acceptors (Lipinski definition) is 3. The molecular weight excluding hydrogens is 244 g/mol. The van der Waals surface area contributed by atoms with Gasteiger partial charge in [0.1, 0.15) is 6.04 Å². The van der Waals surface area contributed by atoms with Crippen LogP contribution in [0.25, 0.3) is 0 Å². The summed E-state index contributed by atoms with van der Waals surface area (Å²) in [6, 6.07) is 8.29. The molecule has 1 atom stereocenters. The molecule has 2 N–H and O–H groups in total. The van der Waals surface area contributed by atoms with E-state index in [1.807, 2.05) is 18.2 Å². The lowest BCUT2D eigenvalue weighted by molar-refractivity contribution is -0.149. The van der Waals surface area contributed by atoms with Crippen molar-refractivity contribution in [1.29, 1.82) is 0 Å². The quantitative estimate of drug-likeness (QED) is 0.691. The van der Waals surface area contributed by atoms with Crippen LogP contribution in [0.1, 0.15) is 5.56 Å². The van der Waals surface area contributed by atoms with Crippen molar-refractivity contribution in [2.45, 2.75) is 6.04 Å². The maximum atomic E-state index is 11.9. The van der Waals surface area contributed by atoms with Crippen molar-refractivity contribution in [2.24, 2.45) is 0 Å². The molecule has 1 aromatic carbocycles. The number of carboxylic acid groups (broad SMARTS) is 1. The van der Waals surface area contributed by atoms with Crippen molar-refractivity contribution < 1.29 is 14.7 Å². The number of carbonyl (C=O) groups is 2. The Balaban J connectivity index is 2.10. The van der Waals surface area contributed by atoms with E-state index >= 15 is 0 Å². The van der Waals surface area contributed by atoms with Gasteiger partial charge in [-0.15, -0.1) is 0 Å². The topological polar surface area (TPSA) is 69.6 Å². The fourth-order valence-corrected chi connectivity index (χ4v) is 1.89. The van der Waals surface area contributed by atoms with E-state index in [4.69, 9.17) is 5.11 Å². The molecule has 0 saturated carbocycles. The lowest BCUT2D eigenvalue weighted by atomic mass is 10.2. The van der Waals surface area contributed by atoms with Gasteiger partial charge in [0.15, 0.2) is 0 Å². The van der Waals surface area contributed by atoms with Crippen LogP contribution in [0, 0.1) is 11.8 Å². The van der Waals surface area contributed by atoms with Crippen molar-refractivity contribution >= 4 is 11.9 Å². The van der Waals surface area contributed by atoms with Gasteiger partial charge in [0, 0.05) is 31.1 Å². The number of rotatable bonds is 1. The molecule has 1 heterocycles. The van der Waals surface area contributed by atoms with E-state index in [1.165, 1.54) is 4.90 Å². The summed E-state index contributed by atoms with van der Waals surface area (Å²) in [6.07, 6.45) is 0. The molecule has 1 aromatic rings. The zero-order chi connectivity index (χ0) is 13.7. The molecule has 0 radical (unpaired) electrons. The zero-order valence-corrected chi connectivity index (χ0v) is 10.3. The Morgan fingerprint density at radius 3 is 2.74 bits per heavy atom. The number of carboxylic acids is 1. The molecular formula is C14H14N2O3. The first-order chi connectivity index (χ1) is 9.18. The first-order valence-corrected chi connectivity index (χ1v) is 5.99. The average Bonchev–Trinajstić information content (AvgIpc) is 2.46. The van der Waals surface area contributed by atoms with Crippen LogP contribution in [0.2, 0.25) is 0 Å².